The molecule has 3 N–H and O–H groups in total. The number of hydrogen-bond donors (Lipinski definition) is 2. The van der Waals surface area contributed by atoms with Crippen LogP contribution in [0, 0.1) is 6.92 Å². The van der Waals surface area contributed by atoms with Crippen LogP contribution in [0.4, 0.5) is 0 Å². The van der Waals surface area contributed by atoms with Crippen LogP contribution >= 0.6 is 24.0 Å². The molecule has 84 valence electrons. The highest BCUT2D eigenvalue weighted by Crippen LogP contribution is 2.31. The summed E-state index contributed by atoms with van der Waals surface area (Å²) in [6.45, 7) is 5.40. The Bertz CT molecular complexity index is 353. The summed E-state index contributed by atoms with van der Waals surface area (Å²) in [6, 6.07) is 3.16. The van der Waals surface area contributed by atoms with Crippen molar-refractivity contribution in [2.75, 3.05) is 0 Å². The summed E-state index contributed by atoms with van der Waals surface area (Å²) in [7, 11) is 0. The van der Waals surface area contributed by atoms with Gasteiger partial charge in [-0.25, -0.2) is 0 Å². The summed E-state index contributed by atoms with van der Waals surface area (Å²) >= 11 is 5.87. The minimum Gasteiger partial charge on any atom is -0.507 e. The third-order valence-electron chi connectivity index (χ3n) is 2.11. The first-order valence-corrected chi connectivity index (χ1v) is 4.79. The predicted octanol–water partition coefficient (Wildman–Crippen LogP) is 3.35. The van der Waals surface area contributed by atoms with Crippen molar-refractivity contribution in [3.63, 3.8) is 0 Å². The number of aryl methyl sites for hydroxylation is 1. The molecule has 0 spiro atoms. The fourth-order valence-electron chi connectivity index (χ4n) is 1.35. The van der Waals surface area contributed by atoms with E-state index in [0.29, 0.717) is 17.0 Å². The van der Waals surface area contributed by atoms with Gasteiger partial charge >= 0.3 is 0 Å². The van der Waals surface area contributed by atoms with Crippen molar-refractivity contribution in [3.05, 3.63) is 40.9 Å². The lowest BCUT2D eigenvalue weighted by Crippen LogP contribution is -2.09. The zero-order chi connectivity index (χ0) is 10.7. The second kappa shape index (κ2) is 6.01. The summed E-state index contributed by atoms with van der Waals surface area (Å²) in [5.74, 6) is 0.226. The van der Waals surface area contributed by atoms with Crippen LogP contribution < -0.4 is 5.73 Å². The number of phenols is 1. The highest BCUT2D eigenvalue weighted by molar-refractivity contribution is 6.30. The zero-order valence-corrected chi connectivity index (χ0v) is 10.1. The van der Waals surface area contributed by atoms with E-state index in [4.69, 9.17) is 17.3 Å². The molecule has 15 heavy (non-hydrogen) atoms. The molecule has 1 aromatic carbocycles. The molecule has 0 aromatic heterocycles. The van der Waals surface area contributed by atoms with E-state index < -0.39 is 0 Å². The van der Waals surface area contributed by atoms with Gasteiger partial charge in [-0.2, -0.15) is 0 Å². The van der Waals surface area contributed by atoms with E-state index in [1.165, 1.54) is 0 Å². The number of hydrogen-bond acceptors (Lipinski definition) is 2. The van der Waals surface area contributed by atoms with E-state index in [9.17, 15) is 5.11 Å². The Hall–Kier alpha value is -0.700. The first-order valence-electron chi connectivity index (χ1n) is 4.41. The van der Waals surface area contributed by atoms with Crippen LogP contribution in [0.5, 0.6) is 5.75 Å². The first-order chi connectivity index (χ1) is 6.56. The molecule has 4 heteroatoms. The highest BCUT2D eigenvalue weighted by Gasteiger charge is 2.12. The monoisotopic (exact) mass is 247 g/mol. The Morgan fingerprint density at radius 3 is 2.73 bits per heavy atom. The lowest BCUT2D eigenvalue weighted by Gasteiger charge is -2.13. The average Bonchev–Trinajstić information content (AvgIpc) is 2.11. The molecule has 0 bridgehead atoms. The van der Waals surface area contributed by atoms with Crippen LogP contribution in [0.25, 0.3) is 0 Å². The highest BCUT2D eigenvalue weighted by atomic mass is 35.5. The van der Waals surface area contributed by atoms with Crippen molar-refractivity contribution < 1.29 is 5.11 Å². The normalized spacial score (nSPS) is 11.7. The maximum absolute atomic E-state index is 9.75. The Morgan fingerprint density at radius 1 is 1.60 bits per heavy atom. The van der Waals surface area contributed by atoms with Crippen molar-refractivity contribution in [2.24, 2.45) is 5.73 Å². The van der Waals surface area contributed by atoms with Gasteiger partial charge in [0.1, 0.15) is 5.75 Å². The standard InChI is InChI=1S/C11H14ClNO.ClH/c1-3-4-10(13)9-6-8(12)5-7(2)11(9)14;/h3,5-6,10,14H,1,4,13H2,2H3;1H/t10-;/m1./s1. The van der Waals surface area contributed by atoms with E-state index in [1.54, 1.807) is 25.1 Å². The molecule has 0 radical (unpaired) electrons. The molecule has 0 saturated carbocycles. The molecule has 0 aliphatic heterocycles. The van der Waals surface area contributed by atoms with E-state index in [-0.39, 0.29) is 24.2 Å². The van der Waals surface area contributed by atoms with Crippen LogP contribution in [-0.4, -0.2) is 5.11 Å². The smallest absolute Gasteiger partial charge is 0.123 e. The van der Waals surface area contributed by atoms with Crippen molar-refractivity contribution in [2.45, 2.75) is 19.4 Å². The van der Waals surface area contributed by atoms with E-state index >= 15 is 0 Å². The van der Waals surface area contributed by atoms with Gasteiger partial charge in [0.05, 0.1) is 0 Å². The SMILES string of the molecule is C=CC[C@@H](N)c1cc(Cl)cc(C)c1O.Cl. The fourth-order valence-corrected chi connectivity index (χ4v) is 1.63. The number of rotatable bonds is 3. The maximum Gasteiger partial charge on any atom is 0.123 e. The van der Waals surface area contributed by atoms with Gasteiger partial charge in [0, 0.05) is 16.6 Å². The summed E-state index contributed by atoms with van der Waals surface area (Å²) in [6.07, 6.45) is 2.34. The van der Waals surface area contributed by atoms with Gasteiger partial charge in [0.15, 0.2) is 0 Å². The predicted molar refractivity (Wildman–Crippen MR) is 66.8 cm³/mol. The van der Waals surface area contributed by atoms with Crippen LogP contribution in [0.3, 0.4) is 0 Å². The molecule has 0 aliphatic carbocycles. The molecule has 0 heterocycles. The number of benzene rings is 1. The Balaban J connectivity index is 0.00000196. The largest absolute Gasteiger partial charge is 0.507 e. The summed E-state index contributed by atoms with van der Waals surface area (Å²) < 4.78 is 0. The van der Waals surface area contributed by atoms with Crippen LogP contribution in [-0.2, 0) is 0 Å². The van der Waals surface area contributed by atoms with Gasteiger partial charge in [0.25, 0.3) is 0 Å². The minimum atomic E-state index is -0.245. The van der Waals surface area contributed by atoms with Crippen LogP contribution in [0.15, 0.2) is 24.8 Å². The third kappa shape index (κ3) is 3.42. The molecule has 0 saturated heterocycles. The molecule has 0 unspecified atom stereocenters. The molecule has 2 nitrogen and oxygen atoms in total. The average molecular weight is 248 g/mol. The second-order valence-corrected chi connectivity index (χ2v) is 3.73. The van der Waals surface area contributed by atoms with E-state index in [2.05, 4.69) is 6.58 Å². The zero-order valence-electron chi connectivity index (χ0n) is 8.53. The molecule has 0 fully saturated rings. The summed E-state index contributed by atoms with van der Waals surface area (Å²) in [5.41, 5.74) is 7.27. The van der Waals surface area contributed by atoms with Crippen molar-refractivity contribution in [1.82, 2.24) is 0 Å². The lowest BCUT2D eigenvalue weighted by molar-refractivity contribution is 0.457. The lowest BCUT2D eigenvalue weighted by atomic mass is 10.0. The van der Waals surface area contributed by atoms with Gasteiger partial charge in [-0.15, -0.1) is 19.0 Å². The third-order valence-corrected chi connectivity index (χ3v) is 2.33. The number of phenolic OH excluding ortho intramolecular Hbond substituents is 1. The molecular formula is C11H15Cl2NO. The molecule has 0 aliphatic rings. The molecule has 1 atom stereocenters. The molecule has 0 amide bonds. The number of aromatic hydroxyl groups is 1. The quantitative estimate of drug-likeness (QED) is 0.805. The van der Waals surface area contributed by atoms with E-state index in [1.807, 2.05) is 0 Å². The Morgan fingerprint density at radius 2 is 2.20 bits per heavy atom. The first kappa shape index (κ1) is 14.3. The molecule has 1 aromatic rings. The molecular weight excluding hydrogens is 233 g/mol. The van der Waals surface area contributed by atoms with Crippen LogP contribution in [0.2, 0.25) is 5.02 Å². The summed E-state index contributed by atoms with van der Waals surface area (Å²) in [4.78, 5) is 0. The Labute approximate surface area is 101 Å². The van der Waals surface area contributed by atoms with Crippen molar-refractivity contribution in [3.8, 4) is 5.75 Å². The number of nitrogens with two attached hydrogens (primary N) is 1. The minimum absolute atomic E-state index is 0. The van der Waals surface area contributed by atoms with Gasteiger partial charge in [-0.1, -0.05) is 17.7 Å². The van der Waals surface area contributed by atoms with Gasteiger partial charge in [-0.05, 0) is 31.0 Å². The topological polar surface area (TPSA) is 46.2 Å². The van der Waals surface area contributed by atoms with Gasteiger partial charge in [-0.3, -0.25) is 0 Å². The fraction of sp³-hybridized carbons (Fsp3) is 0.273. The Kier molecular flexibility index (Phi) is 5.73. The van der Waals surface area contributed by atoms with Crippen molar-refractivity contribution in [1.29, 1.82) is 0 Å². The summed E-state index contributed by atoms with van der Waals surface area (Å²) in [5, 5.41) is 10.3. The second-order valence-electron chi connectivity index (χ2n) is 3.29. The van der Waals surface area contributed by atoms with Gasteiger partial charge in [0.2, 0.25) is 0 Å². The van der Waals surface area contributed by atoms with Gasteiger partial charge < -0.3 is 10.8 Å². The maximum atomic E-state index is 9.75. The van der Waals surface area contributed by atoms with E-state index in [0.717, 1.165) is 5.56 Å². The number of halogens is 2. The van der Waals surface area contributed by atoms with Crippen LogP contribution in [0.1, 0.15) is 23.6 Å². The molecule has 1 rings (SSSR count). The van der Waals surface area contributed by atoms with Crippen molar-refractivity contribution >= 4 is 24.0 Å².